The molecule has 0 saturated carbocycles. The highest BCUT2D eigenvalue weighted by Crippen LogP contribution is 2.18. The highest BCUT2D eigenvalue weighted by Gasteiger charge is 2.16. The lowest BCUT2D eigenvalue weighted by Crippen LogP contribution is -2.28. The summed E-state index contributed by atoms with van der Waals surface area (Å²) in [7, 11) is 0. The Labute approximate surface area is 184 Å². The van der Waals surface area contributed by atoms with Gasteiger partial charge in [0.2, 0.25) is 11.3 Å². The first-order chi connectivity index (χ1) is 15.5. The van der Waals surface area contributed by atoms with E-state index in [1.807, 2.05) is 37.3 Å². The quantitative estimate of drug-likeness (QED) is 0.493. The molecule has 1 heterocycles. The predicted molar refractivity (Wildman–Crippen MR) is 123 cm³/mol. The zero-order chi connectivity index (χ0) is 22.5. The van der Waals surface area contributed by atoms with Crippen LogP contribution in [0.15, 0.2) is 89.9 Å². The second-order valence-corrected chi connectivity index (χ2v) is 7.38. The maximum absolute atomic E-state index is 12.9. The molecular weight excluding hydrogens is 404 g/mol. The van der Waals surface area contributed by atoms with E-state index in [1.165, 1.54) is 10.9 Å². The monoisotopic (exact) mass is 426 g/mol. The van der Waals surface area contributed by atoms with Crippen molar-refractivity contribution >= 4 is 28.4 Å². The first-order valence-corrected chi connectivity index (χ1v) is 10.2. The van der Waals surface area contributed by atoms with E-state index in [0.29, 0.717) is 22.2 Å². The fourth-order valence-corrected chi connectivity index (χ4v) is 3.50. The Kier molecular flexibility index (Phi) is 6.07. The number of hydrogen-bond acceptors (Lipinski definition) is 4. The summed E-state index contributed by atoms with van der Waals surface area (Å²) >= 11 is 0. The molecule has 0 spiro atoms. The minimum Gasteiger partial charge on any atom is -0.345 e. The van der Waals surface area contributed by atoms with Crippen LogP contribution in [0.5, 0.6) is 0 Å². The summed E-state index contributed by atoms with van der Waals surface area (Å²) in [6.07, 6.45) is 1.20. The average Bonchev–Trinajstić information content (AvgIpc) is 2.82. The van der Waals surface area contributed by atoms with Gasteiger partial charge in [-0.05, 0) is 36.8 Å². The minimum absolute atomic E-state index is 0.100. The highest BCUT2D eigenvalue weighted by molar-refractivity contribution is 6.04. The molecule has 0 aliphatic heterocycles. The number of anilines is 1. The smallest absolute Gasteiger partial charge is 0.253 e. The topological polar surface area (TPSA) is 93.1 Å². The van der Waals surface area contributed by atoms with Crippen LogP contribution in [0, 0.1) is 0 Å². The Balaban J connectivity index is 1.51. The summed E-state index contributed by atoms with van der Waals surface area (Å²) in [5.74, 6) is -0.646. The van der Waals surface area contributed by atoms with Crippen LogP contribution in [0.25, 0.3) is 10.9 Å². The van der Waals surface area contributed by atoms with Crippen molar-refractivity contribution in [2.45, 2.75) is 19.5 Å². The fourth-order valence-electron chi connectivity index (χ4n) is 3.50. The van der Waals surface area contributed by atoms with Crippen LogP contribution in [-0.2, 0) is 11.3 Å². The fraction of sp³-hybridized carbons (Fsp3) is 0.120. The molecular formula is C25H22N4O3. The molecule has 0 bridgehead atoms. The zero-order valence-electron chi connectivity index (χ0n) is 17.5. The van der Waals surface area contributed by atoms with Gasteiger partial charge in [-0.2, -0.15) is 5.10 Å². The molecule has 3 aromatic carbocycles. The summed E-state index contributed by atoms with van der Waals surface area (Å²) < 4.78 is 1.46. The second kappa shape index (κ2) is 9.26. The van der Waals surface area contributed by atoms with Gasteiger partial charge in [0.05, 0.1) is 29.0 Å². The number of carbonyl (C=O) groups excluding carboxylic acids is 2. The Morgan fingerprint density at radius 3 is 2.44 bits per heavy atom. The molecule has 2 N–H and O–H groups in total. The van der Waals surface area contributed by atoms with E-state index in [2.05, 4.69) is 15.7 Å². The lowest BCUT2D eigenvalue weighted by atomic mass is 10.1. The van der Waals surface area contributed by atoms with Gasteiger partial charge < -0.3 is 10.6 Å². The molecule has 160 valence electrons. The van der Waals surface area contributed by atoms with Gasteiger partial charge >= 0.3 is 0 Å². The largest absolute Gasteiger partial charge is 0.345 e. The Morgan fingerprint density at radius 2 is 1.62 bits per heavy atom. The lowest BCUT2D eigenvalue weighted by molar-refractivity contribution is -0.116. The van der Waals surface area contributed by atoms with Crippen molar-refractivity contribution in [3.8, 4) is 0 Å². The van der Waals surface area contributed by atoms with E-state index in [4.69, 9.17) is 0 Å². The van der Waals surface area contributed by atoms with Crippen LogP contribution in [-0.4, -0.2) is 21.6 Å². The molecule has 1 atom stereocenters. The van der Waals surface area contributed by atoms with Gasteiger partial charge in [-0.1, -0.05) is 54.6 Å². The standard InChI is InChI=1S/C25H22N4O3/c1-17(18-9-3-2-4-10-18)27-25(32)19-11-5-7-13-21(19)28-24(31)16-29-22-14-8-6-12-20(22)23(30)15-26-29/h2-15,17H,16H2,1H3,(H,27,32)(H,28,31)/t17-/m1/s1. The third kappa shape index (κ3) is 4.57. The molecule has 32 heavy (non-hydrogen) atoms. The Morgan fingerprint density at radius 1 is 0.938 bits per heavy atom. The van der Waals surface area contributed by atoms with Crippen LogP contribution < -0.4 is 16.1 Å². The molecule has 4 rings (SSSR count). The SMILES string of the molecule is C[C@@H](NC(=O)c1ccccc1NC(=O)Cn1ncc(=O)c2ccccc21)c1ccccc1. The van der Waals surface area contributed by atoms with Crippen molar-refractivity contribution in [3.05, 3.63) is 106 Å². The molecule has 0 radical (unpaired) electrons. The van der Waals surface area contributed by atoms with Crippen LogP contribution >= 0.6 is 0 Å². The Bertz CT molecular complexity index is 1330. The van der Waals surface area contributed by atoms with E-state index < -0.39 is 0 Å². The van der Waals surface area contributed by atoms with Crippen molar-refractivity contribution in [1.82, 2.24) is 15.1 Å². The molecule has 0 saturated heterocycles. The first-order valence-electron chi connectivity index (χ1n) is 10.2. The van der Waals surface area contributed by atoms with Crippen LogP contribution in [0.2, 0.25) is 0 Å². The number of rotatable bonds is 6. The Hall–Kier alpha value is -4.26. The van der Waals surface area contributed by atoms with Crippen molar-refractivity contribution in [2.75, 3.05) is 5.32 Å². The number of carbonyl (C=O) groups is 2. The molecule has 0 fully saturated rings. The van der Waals surface area contributed by atoms with E-state index in [9.17, 15) is 14.4 Å². The third-order valence-corrected chi connectivity index (χ3v) is 5.15. The summed E-state index contributed by atoms with van der Waals surface area (Å²) in [5, 5.41) is 10.3. The highest BCUT2D eigenvalue weighted by atomic mass is 16.2. The maximum atomic E-state index is 12.9. The van der Waals surface area contributed by atoms with E-state index in [1.54, 1.807) is 48.5 Å². The van der Waals surface area contributed by atoms with E-state index >= 15 is 0 Å². The molecule has 7 nitrogen and oxygen atoms in total. The first kappa shape index (κ1) is 21.0. The molecule has 2 amide bonds. The summed E-state index contributed by atoms with van der Waals surface area (Å²) in [6.45, 7) is 1.80. The molecule has 4 aromatic rings. The van der Waals surface area contributed by atoms with Crippen LogP contribution in [0.1, 0.15) is 28.9 Å². The molecule has 0 aliphatic carbocycles. The number of hydrogen-bond donors (Lipinski definition) is 2. The van der Waals surface area contributed by atoms with Gasteiger partial charge in [0.1, 0.15) is 6.54 Å². The van der Waals surface area contributed by atoms with Gasteiger partial charge in [-0.25, -0.2) is 0 Å². The van der Waals surface area contributed by atoms with Crippen LogP contribution in [0.4, 0.5) is 5.69 Å². The molecule has 0 unspecified atom stereocenters. The minimum atomic E-state index is -0.359. The summed E-state index contributed by atoms with van der Waals surface area (Å²) in [4.78, 5) is 37.6. The van der Waals surface area contributed by atoms with Crippen molar-refractivity contribution in [2.24, 2.45) is 0 Å². The number of nitrogens with one attached hydrogen (secondary N) is 2. The van der Waals surface area contributed by atoms with E-state index in [-0.39, 0.29) is 29.8 Å². The number of fused-ring (bicyclic) bond motifs is 1. The number of amides is 2. The molecule has 7 heteroatoms. The van der Waals surface area contributed by atoms with E-state index in [0.717, 1.165) is 5.56 Å². The van der Waals surface area contributed by atoms with Crippen molar-refractivity contribution in [1.29, 1.82) is 0 Å². The number of nitrogens with zero attached hydrogens (tertiary/aromatic N) is 2. The molecule has 0 aliphatic rings. The number of para-hydroxylation sites is 2. The lowest BCUT2D eigenvalue weighted by Gasteiger charge is -2.16. The number of benzene rings is 3. The van der Waals surface area contributed by atoms with Gasteiger partial charge in [-0.15, -0.1) is 0 Å². The van der Waals surface area contributed by atoms with Crippen molar-refractivity contribution in [3.63, 3.8) is 0 Å². The van der Waals surface area contributed by atoms with Gasteiger partial charge in [0.15, 0.2) is 0 Å². The summed E-state index contributed by atoms with van der Waals surface area (Å²) in [5.41, 5.74) is 2.12. The van der Waals surface area contributed by atoms with Crippen LogP contribution in [0.3, 0.4) is 0 Å². The van der Waals surface area contributed by atoms with Crippen molar-refractivity contribution < 1.29 is 9.59 Å². The molecule has 1 aromatic heterocycles. The third-order valence-electron chi connectivity index (χ3n) is 5.15. The second-order valence-electron chi connectivity index (χ2n) is 7.38. The van der Waals surface area contributed by atoms with Gasteiger partial charge in [0.25, 0.3) is 5.91 Å². The zero-order valence-corrected chi connectivity index (χ0v) is 17.5. The van der Waals surface area contributed by atoms with Gasteiger partial charge in [-0.3, -0.25) is 19.1 Å². The normalized spacial score (nSPS) is 11.7. The van der Waals surface area contributed by atoms with Gasteiger partial charge in [0, 0.05) is 5.39 Å². The maximum Gasteiger partial charge on any atom is 0.253 e. The predicted octanol–water partition coefficient (Wildman–Crippen LogP) is 3.53. The number of aromatic nitrogens is 2. The average molecular weight is 426 g/mol. The summed E-state index contributed by atoms with van der Waals surface area (Å²) in [6, 6.07) is 23.3.